The first kappa shape index (κ1) is 26.2. The minimum Gasteiger partial charge on any atom is -0.483 e. The number of halogens is 7. The van der Waals surface area contributed by atoms with Gasteiger partial charge in [-0.1, -0.05) is 30.3 Å². The maximum atomic E-state index is 12.7. The Labute approximate surface area is 198 Å². The average Bonchev–Trinajstić information content (AvgIpc) is 3.16. The van der Waals surface area contributed by atoms with E-state index in [0.717, 1.165) is 36.7 Å². The van der Waals surface area contributed by atoms with E-state index in [4.69, 9.17) is 9.47 Å². The molecule has 0 saturated carbocycles. The molecule has 0 aromatic heterocycles. The fourth-order valence-electron chi connectivity index (χ4n) is 4.27. The van der Waals surface area contributed by atoms with E-state index in [1.54, 1.807) is 6.08 Å². The molecule has 34 heavy (non-hydrogen) atoms. The molecule has 186 valence electrons. The summed E-state index contributed by atoms with van der Waals surface area (Å²) in [7, 11) is 0. The van der Waals surface area contributed by atoms with Gasteiger partial charge in [0.15, 0.2) is 6.61 Å². The fraction of sp³-hybridized carbons (Fsp3) is 0.391. The molecule has 1 fully saturated rings. The van der Waals surface area contributed by atoms with Gasteiger partial charge in [-0.15, -0.1) is 25.6 Å². The number of benzene rings is 2. The molecule has 1 saturated heterocycles. The molecule has 1 spiro atoms. The third kappa shape index (κ3) is 6.17. The van der Waals surface area contributed by atoms with Gasteiger partial charge in [0, 0.05) is 5.56 Å². The second-order valence-electron chi connectivity index (χ2n) is 7.92. The van der Waals surface area contributed by atoms with Gasteiger partial charge in [-0.3, -0.25) is 0 Å². The van der Waals surface area contributed by atoms with E-state index in [9.17, 15) is 26.3 Å². The van der Waals surface area contributed by atoms with E-state index in [1.165, 1.54) is 0 Å². The lowest BCUT2D eigenvalue weighted by Crippen LogP contribution is -2.47. The van der Waals surface area contributed by atoms with Crippen molar-refractivity contribution in [2.24, 2.45) is 0 Å². The van der Waals surface area contributed by atoms with Crippen molar-refractivity contribution in [3.8, 4) is 11.5 Å². The molecule has 4 rings (SSSR count). The lowest BCUT2D eigenvalue weighted by Gasteiger charge is -2.40. The summed E-state index contributed by atoms with van der Waals surface area (Å²) in [5.41, 5.74) is 0.675. The van der Waals surface area contributed by atoms with Crippen LogP contribution in [0.15, 0.2) is 54.6 Å². The normalized spacial score (nSPS) is 22.8. The molecule has 2 aromatic carbocycles. The first-order chi connectivity index (χ1) is 15.5. The Kier molecular flexibility index (Phi) is 7.74. The predicted octanol–water partition coefficient (Wildman–Crippen LogP) is 6.23. The SMILES string of the molecule is Cl.FC(F)(F)COc1ccc(OC(F)(F)F)cc1C1=C[C@@]2(CCCN[C@H]2c2ccccc2)OC1. The molecule has 0 radical (unpaired) electrons. The number of hydrogen-bond acceptors (Lipinski definition) is 4. The topological polar surface area (TPSA) is 39.7 Å². The average molecular weight is 510 g/mol. The number of rotatable bonds is 5. The lowest BCUT2D eigenvalue weighted by molar-refractivity contribution is -0.274. The monoisotopic (exact) mass is 509 g/mol. The molecule has 0 aliphatic carbocycles. The third-order valence-corrected chi connectivity index (χ3v) is 5.55. The molecule has 0 bridgehead atoms. The number of nitrogens with one attached hydrogen (secondary N) is 1. The molecule has 2 aliphatic heterocycles. The highest BCUT2D eigenvalue weighted by atomic mass is 35.5. The zero-order chi connectivity index (χ0) is 23.7. The molecule has 2 aromatic rings. The lowest BCUT2D eigenvalue weighted by atomic mass is 9.81. The Bertz CT molecular complexity index is 1010. The van der Waals surface area contributed by atoms with Gasteiger partial charge in [0.1, 0.15) is 17.1 Å². The van der Waals surface area contributed by atoms with Gasteiger partial charge in [-0.2, -0.15) is 13.2 Å². The molecular formula is C23H22ClF6NO3. The molecule has 2 heterocycles. The van der Waals surface area contributed by atoms with E-state index in [0.29, 0.717) is 12.0 Å². The summed E-state index contributed by atoms with van der Waals surface area (Å²) in [5, 5.41) is 3.42. The second kappa shape index (κ2) is 10.1. The van der Waals surface area contributed by atoms with Crippen LogP contribution in [0.25, 0.3) is 5.57 Å². The minimum absolute atomic E-state index is 0. The molecule has 0 unspecified atom stereocenters. The summed E-state index contributed by atoms with van der Waals surface area (Å²) in [6, 6.07) is 12.3. The zero-order valence-electron chi connectivity index (χ0n) is 17.7. The van der Waals surface area contributed by atoms with Crippen molar-refractivity contribution in [1.82, 2.24) is 5.32 Å². The van der Waals surface area contributed by atoms with Crippen molar-refractivity contribution in [2.45, 2.75) is 37.0 Å². The summed E-state index contributed by atoms with van der Waals surface area (Å²) in [5.74, 6) is -0.756. The van der Waals surface area contributed by atoms with Crippen molar-refractivity contribution in [1.29, 1.82) is 0 Å². The molecule has 2 aliphatic rings. The van der Waals surface area contributed by atoms with Gasteiger partial charge >= 0.3 is 12.5 Å². The van der Waals surface area contributed by atoms with Gasteiger partial charge < -0.3 is 19.5 Å². The highest BCUT2D eigenvalue weighted by Crippen LogP contribution is 2.46. The Hall–Kier alpha value is -2.43. The summed E-state index contributed by atoms with van der Waals surface area (Å²) >= 11 is 0. The van der Waals surface area contributed by atoms with Crippen molar-refractivity contribution in [2.75, 3.05) is 19.8 Å². The minimum atomic E-state index is -4.95. The number of piperidine rings is 1. The van der Waals surface area contributed by atoms with Crippen LogP contribution in [0.5, 0.6) is 11.5 Å². The van der Waals surface area contributed by atoms with Crippen LogP contribution >= 0.6 is 12.4 Å². The smallest absolute Gasteiger partial charge is 0.483 e. The van der Waals surface area contributed by atoms with Gasteiger partial charge in [-0.25, -0.2) is 0 Å². The van der Waals surface area contributed by atoms with Crippen molar-refractivity contribution < 1.29 is 40.6 Å². The first-order valence-electron chi connectivity index (χ1n) is 10.3. The van der Waals surface area contributed by atoms with Crippen molar-refractivity contribution in [3.05, 3.63) is 65.7 Å². The second-order valence-corrected chi connectivity index (χ2v) is 7.92. The standard InChI is InChI=1S/C23H21F6NO3.ClH/c24-22(25,26)14-31-19-8-7-17(33-23(27,28)29)11-18(19)16-12-21(32-13-16)9-4-10-30-20(21)15-5-2-1-3-6-15;/h1-3,5-8,11-12,20,30H,4,9-10,13-14H2;1H/t20-,21+;/m0./s1. The fourth-order valence-corrected chi connectivity index (χ4v) is 4.27. The third-order valence-electron chi connectivity index (χ3n) is 5.55. The number of alkyl halides is 6. The van der Waals surface area contributed by atoms with E-state index in [1.807, 2.05) is 30.3 Å². The molecular weight excluding hydrogens is 488 g/mol. The maximum Gasteiger partial charge on any atom is 0.573 e. The van der Waals surface area contributed by atoms with Crippen LogP contribution < -0.4 is 14.8 Å². The van der Waals surface area contributed by atoms with Crippen LogP contribution in [0.3, 0.4) is 0 Å². The summed E-state index contributed by atoms with van der Waals surface area (Å²) in [4.78, 5) is 0. The van der Waals surface area contributed by atoms with Crippen molar-refractivity contribution >= 4 is 18.0 Å². The van der Waals surface area contributed by atoms with Crippen LogP contribution in [-0.2, 0) is 4.74 Å². The number of ether oxygens (including phenoxy) is 3. The molecule has 11 heteroatoms. The maximum absolute atomic E-state index is 12.7. The van der Waals surface area contributed by atoms with Gasteiger partial charge in [0.05, 0.1) is 12.6 Å². The molecule has 4 nitrogen and oxygen atoms in total. The van der Waals surface area contributed by atoms with Crippen LogP contribution in [0, 0.1) is 0 Å². The highest BCUT2D eigenvalue weighted by molar-refractivity contribution is 5.85. The first-order valence-corrected chi connectivity index (χ1v) is 10.3. The van der Waals surface area contributed by atoms with E-state index in [2.05, 4.69) is 10.1 Å². The van der Waals surface area contributed by atoms with E-state index in [-0.39, 0.29) is 36.4 Å². The van der Waals surface area contributed by atoms with E-state index < -0.39 is 30.5 Å². The van der Waals surface area contributed by atoms with Gasteiger partial charge in [0.2, 0.25) is 0 Å². The largest absolute Gasteiger partial charge is 0.573 e. The van der Waals surface area contributed by atoms with Crippen molar-refractivity contribution in [3.63, 3.8) is 0 Å². The van der Waals surface area contributed by atoms with Crippen LogP contribution in [0.4, 0.5) is 26.3 Å². The van der Waals surface area contributed by atoms with E-state index >= 15 is 0 Å². The molecule has 2 atom stereocenters. The Balaban J connectivity index is 0.00000324. The summed E-state index contributed by atoms with van der Waals surface area (Å²) in [6.45, 7) is -0.821. The predicted molar refractivity (Wildman–Crippen MR) is 115 cm³/mol. The van der Waals surface area contributed by atoms with Crippen LogP contribution in [0.2, 0.25) is 0 Å². The quantitative estimate of drug-likeness (QED) is 0.485. The summed E-state index contributed by atoms with van der Waals surface area (Å²) in [6.07, 6.45) is -6.34. The van der Waals surface area contributed by atoms with Gasteiger partial charge in [0.25, 0.3) is 0 Å². The Morgan fingerprint density at radius 1 is 1.03 bits per heavy atom. The van der Waals surface area contributed by atoms with Crippen LogP contribution in [0.1, 0.15) is 30.0 Å². The van der Waals surface area contributed by atoms with Crippen LogP contribution in [-0.4, -0.2) is 37.9 Å². The highest BCUT2D eigenvalue weighted by Gasteiger charge is 2.45. The number of hydrogen-bond donors (Lipinski definition) is 1. The molecule has 0 amide bonds. The van der Waals surface area contributed by atoms with Gasteiger partial charge in [-0.05, 0) is 54.8 Å². The Morgan fingerprint density at radius 3 is 2.44 bits per heavy atom. The zero-order valence-corrected chi connectivity index (χ0v) is 18.5. The summed E-state index contributed by atoms with van der Waals surface area (Å²) < 4.78 is 91.4. The Morgan fingerprint density at radius 2 is 1.76 bits per heavy atom. The molecule has 1 N–H and O–H groups in total.